The minimum Gasteiger partial charge on any atom is -0.340 e. The summed E-state index contributed by atoms with van der Waals surface area (Å²) in [5, 5.41) is 4.49. The number of amides is 4. The van der Waals surface area contributed by atoms with E-state index in [1.54, 1.807) is 12.1 Å². The van der Waals surface area contributed by atoms with E-state index in [0.717, 1.165) is 31.2 Å². The second kappa shape index (κ2) is 7.75. The number of rotatable bonds is 4. The fourth-order valence-corrected chi connectivity index (χ4v) is 5.58. The van der Waals surface area contributed by atoms with Crippen molar-refractivity contribution in [2.24, 2.45) is 0 Å². The molecule has 1 aromatic rings. The van der Waals surface area contributed by atoms with E-state index < -0.39 is 28.0 Å². The number of carbonyl (C=O) groups excluding carboxylic acids is 3. The number of sulfonamides is 1. The Bertz CT molecular complexity index is 953. The topological polar surface area (TPSA) is 116 Å². The summed E-state index contributed by atoms with van der Waals surface area (Å²) in [5.41, 5.74) is 2.34. The van der Waals surface area contributed by atoms with Gasteiger partial charge in [-0.1, -0.05) is 6.07 Å². The van der Waals surface area contributed by atoms with Gasteiger partial charge in [-0.15, -0.1) is 0 Å². The maximum atomic E-state index is 13.0. The summed E-state index contributed by atoms with van der Waals surface area (Å²) in [6, 6.07) is 3.92. The highest BCUT2D eigenvalue weighted by molar-refractivity contribution is 7.89. The monoisotopic (exact) mass is 420 g/mol. The molecule has 1 atom stereocenters. The molecule has 1 unspecified atom stereocenters. The molecule has 3 aliphatic rings. The van der Waals surface area contributed by atoms with Crippen LogP contribution in [0.5, 0.6) is 0 Å². The largest absolute Gasteiger partial charge is 0.340 e. The highest BCUT2D eigenvalue weighted by atomic mass is 32.2. The van der Waals surface area contributed by atoms with Gasteiger partial charge in [0.25, 0.3) is 5.91 Å². The molecular formula is C19H24N4O5S. The molecule has 0 bridgehead atoms. The third kappa shape index (κ3) is 3.99. The molecule has 2 aliphatic heterocycles. The lowest BCUT2D eigenvalue weighted by molar-refractivity contribution is -0.134. The van der Waals surface area contributed by atoms with Crippen LogP contribution < -0.4 is 10.6 Å². The van der Waals surface area contributed by atoms with Gasteiger partial charge in [-0.25, -0.2) is 13.2 Å². The Kier molecular flexibility index (Phi) is 5.30. The van der Waals surface area contributed by atoms with E-state index in [4.69, 9.17) is 0 Å². The number of carbonyl (C=O) groups is 3. The predicted molar refractivity (Wildman–Crippen MR) is 104 cm³/mol. The highest BCUT2D eigenvalue weighted by Crippen LogP contribution is 2.26. The lowest BCUT2D eigenvalue weighted by atomic mass is 9.92. The molecule has 2 fully saturated rings. The summed E-state index contributed by atoms with van der Waals surface area (Å²) in [6.45, 7) is 0.916. The summed E-state index contributed by atoms with van der Waals surface area (Å²) < 4.78 is 27.5. The van der Waals surface area contributed by atoms with E-state index >= 15 is 0 Å². The van der Waals surface area contributed by atoms with E-state index in [-0.39, 0.29) is 38.5 Å². The van der Waals surface area contributed by atoms with Crippen LogP contribution in [0.4, 0.5) is 4.79 Å². The summed E-state index contributed by atoms with van der Waals surface area (Å²) in [5.74, 6) is -0.796. The normalized spacial score (nSPS) is 22.8. The van der Waals surface area contributed by atoms with E-state index in [1.165, 1.54) is 14.8 Å². The second-order valence-corrected chi connectivity index (χ2v) is 9.58. The van der Waals surface area contributed by atoms with E-state index in [1.807, 2.05) is 6.07 Å². The van der Waals surface area contributed by atoms with Gasteiger partial charge in [0.15, 0.2) is 0 Å². The first kappa shape index (κ1) is 19.8. The van der Waals surface area contributed by atoms with Crippen molar-refractivity contribution >= 4 is 27.9 Å². The zero-order valence-corrected chi connectivity index (χ0v) is 16.8. The minimum atomic E-state index is -3.61. The third-order valence-corrected chi connectivity index (χ3v) is 7.68. The fraction of sp³-hybridized carbons (Fsp3) is 0.526. The molecule has 2 N–H and O–H groups in total. The molecule has 0 radical (unpaired) electrons. The summed E-state index contributed by atoms with van der Waals surface area (Å²) in [4.78, 5) is 37.0. The lowest BCUT2D eigenvalue weighted by Gasteiger charge is -2.34. The average Bonchev–Trinajstić information content (AvgIpc) is 3.04. The quantitative estimate of drug-likeness (QED) is 0.665. The van der Waals surface area contributed by atoms with Crippen molar-refractivity contribution in [3.05, 3.63) is 29.3 Å². The number of hydrogen-bond donors (Lipinski definition) is 2. The Morgan fingerprint density at radius 2 is 1.72 bits per heavy atom. The lowest BCUT2D eigenvalue weighted by Crippen LogP contribution is -2.51. The van der Waals surface area contributed by atoms with Crippen LogP contribution in [0.1, 0.15) is 30.4 Å². The van der Waals surface area contributed by atoms with Crippen molar-refractivity contribution in [3.8, 4) is 0 Å². The maximum Gasteiger partial charge on any atom is 0.322 e. The minimum absolute atomic E-state index is 0.130. The van der Waals surface area contributed by atoms with Crippen molar-refractivity contribution < 1.29 is 22.8 Å². The van der Waals surface area contributed by atoms with Crippen LogP contribution >= 0.6 is 0 Å². The molecule has 1 aromatic carbocycles. The first-order valence-electron chi connectivity index (χ1n) is 9.86. The Morgan fingerprint density at radius 3 is 2.38 bits per heavy atom. The zero-order valence-electron chi connectivity index (χ0n) is 16.0. The average molecular weight is 420 g/mol. The van der Waals surface area contributed by atoms with Gasteiger partial charge in [0.05, 0.1) is 11.3 Å². The first-order chi connectivity index (χ1) is 13.8. The van der Waals surface area contributed by atoms with E-state index in [9.17, 15) is 22.8 Å². The van der Waals surface area contributed by atoms with Crippen LogP contribution in [0.2, 0.25) is 0 Å². The van der Waals surface area contributed by atoms with Gasteiger partial charge in [0.1, 0.15) is 6.04 Å². The Hall–Kier alpha value is -2.46. The van der Waals surface area contributed by atoms with Crippen LogP contribution in [0, 0.1) is 0 Å². The summed E-state index contributed by atoms with van der Waals surface area (Å²) >= 11 is 0. The second-order valence-electron chi connectivity index (χ2n) is 7.64. The van der Waals surface area contributed by atoms with Gasteiger partial charge < -0.3 is 10.2 Å². The van der Waals surface area contributed by atoms with Crippen molar-refractivity contribution in [3.63, 3.8) is 0 Å². The number of hydrogen-bond acceptors (Lipinski definition) is 5. The molecule has 0 spiro atoms. The van der Waals surface area contributed by atoms with E-state index in [0.29, 0.717) is 4.90 Å². The summed E-state index contributed by atoms with van der Waals surface area (Å²) in [6.07, 6.45) is 4.00. The third-order valence-electron chi connectivity index (χ3n) is 5.79. The molecule has 29 heavy (non-hydrogen) atoms. The molecule has 4 amide bonds. The molecule has 0 saturated carbocycles. The van der Waals surface area contributed by atoms with Crippen LogP contribution in [-0.4, -0.2) is 67.7 Å². The highest BCUT2D eigenvalue weighted by Gasteiger charge is 2.35. The molecule has 1 aliphatic carbocycles. The molecule has 10 heteroatoms. The van der Waals surface area contributed by atoms with Crippen molar-refractivity contribution in [2.45, 2.75) is 43.0 Å². The predicted octanol–water partition coefficient (Wildman–Crippen LogP) is -0.00360. The molecule has 0 aromatic heterocycles. The number of nitrogens with zero attached hydrogens (tertiary/aromatic N) is 2. The number of benzene rings is 1. The smallest absolute Gasteiger partial charge is 0.322 e. The van der Waals surface area contributed by atoms with Crippen LogP contribution in [0.15, 0.2) is 23.1 Å². The first-order valence-corrected chi connectivity index (χ1v) is 11.3. The number of piperazine rings is 1. The van der Waals surface area contributed by atoms with Crippen molar-refractivity contribution in [1.82, 2.24) is 19.8 Å². The van der Waals surface area contributed by atoms with Gasteiger partial charge in [-0.05, 0) is 48.9 Å². The molecule has 9 nitrogen and oxygen atoms in total. The summed E-state index contributed by atoms with van der Waals surface area (Å²) in [7, 11) is -3.61. The molecule has 156 valence electrons. The Labute approximate surface area is 169 Å². The molecular weight excluding hydrogens is 396 g/mol. The van der Waals surface area contributed by atoms with Crippen LogP contribution in [0.3, 0.4) is 0 Å². The van der Waals surface area contributed by atoms with Crippen LogP contribution in [-0.2, 0) is 32.5 Å². The van der Waals surface area contributed by atoms with Crippen molar-refractivity contribution in [2.75, 3.05) is 26.2 Å². The number of imide groups is 1. The Balaban J connectivity index is 1.38. The van der Waals surface area contributed by atoms with Crippen LogP contribution in [0.25, 0.3) is 0 Å². The number of urea groups is 1. The standard InChI is InChI=1S/C19H24N4O5S/c24-17(12-16-18(25)21-19(26)20-16)22-7-9-23(10-8-22)29(27,28)15-6-5-13-3-1-2-4-14(13)11-15/h5-6,11,16H,1-4,7-10,12H2,(H2,20,21,25,26). The van der Waals surface area contributed by atoms with Crippen molar-refractivity contribution in [1.29, 1.82) is 0 Å². The van der Waals surface area contributed by atoms with Gasteiger partial charge in [0.2, 0.25) is 15.9 Å². The van der Waals surface area contributed by atoms with Gasteiger partial charge in [-0.2, -0.15) is 4.31 Å². The number of fused-ring (bicyclic) bond motifs is 1. The molecule has 2 saturated heterocycles. The molecule has 2 heterocycles. The van der Waals surface area contributed by atoms with Gasteiger partial charge in [-0.3, -0.25) is 14.9 Å². The fourth-order valence-electron chi connectivity index (χ4n) is 4.10. The maximum absolute atomic E-state index is 13.0. The SMILES string of the molecule is O=C1NC(=O)C(CC(=O)N2CCN(S(=O)(=O)c3ccc4c(c3)CCCC4)CC2)N1. The number of aryl methyl sites for hydroxylation is 2. The molecule has 4 rings (SSSR count). The number of nitrogens with one attached hydrogen (secondary N) is 2. The van der Waals surface area contributed by atoms with Gasteiger partial charge >= 0.3 is 6.03 Å². The Morgan fingerprint density at radius 1 is 1.03 bits per heavy atom. The van der Waals surface area contributed by atoms with Gasteiger partial charge in [0, 0.05) is 26.2 Å². The van der Waals surface area contributed by atoms with E-state index in [2.05, 4.69) is 10.6 Å². The zero-order chi connectivity index (χ0) is 20.6.